The molecule has 0 bridgehead atoms. The van der Waals surface area contributed by atoms with Gasteiger partial charge in [0.25, 0.3) is 0 Å². The average molecular weight is 236 g/mol. The van der Waals surface area contributed by atoms with E-state index >= 15 is 0 Å². The Kier molecular flexibility index (Phi) is 2.68. The molecule has 0 radical (unpaired) electrons. The van der Waals surface area contributed by atoms with Crippen LogP contribution in [0.25, 0.3) is 0 Å². The fourth-order valence-electron chi connectivity index (χ4n) is 1.21. The molecule has 0 N–H and O–H groups in total. The smallest absolute Gasteiger partial charge is 0.445 e. The van der Waals surface area contributed by atoms with Crippen LogP contribution in [-0.4, -0.2) is 17.6 Å². The number of fused-ring (bicyclic) bond motifs is 1. The summed E-state index contributed by atoms with van der Waals surface area (Å²) in [4.78, 5) is 0. The van der Waals surface area contributed by atoms with Gasteiger partial charge in [-0.05, 0) is 23.9 Å². The number of para-hydroxylation sites is 2. The molecule has 2 rings (SSSR count). The highest BCUT2D eigenvalue weighted by molar-refractivity contribution is 8.00. The Morgan fingerprint density at radius 2 is 1.87 bits per heavy atom. The minimum atomic E-state index is -4.31. The largest absolute Gasteiger partial charge is 0.485 e. The molecule has 1 heterocycles. The van der Waals surface area contributed by atoms with Crippen LogP contribution in [0.2, 0.25) is 0 Å². The SMILES string of the molecule is FC(F)(F)S[C@H]1COc2ccccc2O1. The molecule has 0 saturated carbocycles. The van der Waals surface area contributed by atoms with Crippen LogP contribution in [0.3, 0.4) is 0 Å². The van der Waals surface area contributed by atoms with Crippen molar-refractivity contribution in [3.63, 3.8) is 0 Å². The Morgan fingerprint density at radius 1 is 1.20 bits per heavy atom. The Bertz CT molecular complexity index is 353. The number of hydrogen-bond acceptors (Lipinski definition) is 3. The van der Waals surface area contributed by atoms with Crippen LogP contribution in [0, 0.1) is 0 Å². The van der Waals surface area contributed by atoms with Gasteiger partial charge in [0.1, 0.15) is 6.61 Å². The van der Waals surface area contributed by atoms with Gasteiger partial charge in [0.15, 0.2) is 16.9 Å². The van der Waals surface area contributed by atoms with Gasteiger partial charge in [0.2, 0.25) is 0 Å². The van der Waals surface area contributed by atoms with Crippen LogP contribution in [-0.2, 0) is 0 Å². The molecule has 1 aliphatic rings. The zero-order chi connectivity index (χ0) is 10.9. The van der Waals surface area contributed by atoms with E-state index in [-0.39, 0.29) is 18.4 Å². The van der Waals surface area contributed by atoms with Crippen molar-refractivity contribution in [3.8, 4) is 11.5 Å². The Balaban J connectivity index is 2.06. The molecule has 1 aromatic carbocycles. The van der Waals surface area contributed by atoms with Gasteiger partial charge in [-0.2, -0.15) is 13.2 Å². The molecule has 1 atom stereocenters. The van der Waals surface area contributed by atoms with E-state index in [0.717, 1.165) is 0 Å². The quantitative estimate of drug-likeness (QED) is 0.746. The lowest BCUT2D eigenvalue weighted by Gasteiger charge is -2.26. The van der Waals surface area contributed by atoms with Crippen LogP contribution in [0.5, 0.6) is 11.5 Å². The first-order valence-corrected chi connectivity index (χ1v) is 5.05. The average Bonchev–Trinajstić information content (AvgIpc) is 2.15. The van der Waals surface area contributed by atoms with Crippen molar-refractivity contribution in [1.82, 2.24) is 0 Å². The van der Waals surface area contributed by atoms with Gasteiger partial charge in [-0.3, -0.25) is 0 Å². The summed E-state index contributed by atoms with van der Waals surface area (Å²) in [6, 6.07) is 6.66. The van der Waals surface area contributed by atoms with Crippen molar-refractivity contribution in [2.75, 3.05) is 6.61 Å². The molecule has 82 valence electrons. The lowest BCUT2D eigenvalue weighted by molar-refractivity contribution is -0.0362. The predicted octanol–water partition coefficient (Wildman–Crippen LogP) is 3.04. The number of halogens is 3. The first-order valence-electron chi connectivity index (χ1n) is 4.17. The van der Waals surface area contributed by atoms with Crippen LogP contribution in [0.1, 0.15) is 0 Å². The maximum absolute atomic E-state index is 12.0. The van der Waals surface area contributed by atoms with Crippen molar-refractivity contribution in [2.24, 2.45) is 0 Å². The van der Waals surface area contributed by atoms with E-state index in [1.54, 1.807) is 24.3 Å². The molecule has 0 aromatic heterocycles. The number of alkyl halides is 3. The summed E-state index contributed by atoms with van der Waals surface area (Å²) in [5.41, 5.74) is -5.33. The Labute approximate surface area is 88.4 Å². The second-order valence-corrected chi connectivity index (χ2v) is 4.09. The summed E-state index contributed by atoms with van der Waals surface area (Å²) >= 11 is -0.206. The normalized spacial score (nSPS) is 20.1. The molecule has 0 spiro atoms. The van der Waals surface area contributed by atoms with Gasteiger partial charge in [-0.25, -0.2) is 0 Å². The first-order chi connectivity index (χ1) is 7.04. The topological polar surface area (TPSA) is 18.5 Å². The first kappa shape index (κ1) is 10.5. The number of thioether (sulfide) groups is 1. The molecule has 6 heteroatoms. The second kappa shape index (κ2) is 3.84. The van der Waals surface area contributed by atoms with E-state index in [9.17, 15) is 13.2 Å². The number of rotatable bonds is 1. The third-order valence-electron chi connectivity index (χ3n) is 1.75. The summed E-state index contributed by atoms with van der Waals surface area (Å²) in [7, 11) is 0. The monoisotopic (exact) mass is 236 g/mol. The fourth-order valence-corrected chi connectivity index (χ4v) is 1.79. The molecule has 0 saturated heterocycles. The molecule has 2 nitrogen and oxygen atoms in total. The lowest BCUT2D eigenvalue weighted by atomic mass is 10.3. The van der Waals surface area contributed by atoms with Gasteiger partial charge in [-0.15, -0.1) is 0 Å². The van der Waals surface area contributed by atoms with Crippen molar-refractivity contribution >= 4 is 11.8 Å². The summed E-state index contributed by atoms with van der Waals surface area (Å²) < 4.78 is 46.4. The molecule has 0 aliphatic carbocycles. The highest BCUT2D eigenvalue weighted by atomic mass is 32.2. The molecule has 0 unspecified atom stereocenters. The predicted molar refractivity (Wildman–Crippen MR) is 50.0 cm³/mol. The van der Waals surface area contributed by atoms with E-state index < -0.39 is 10.9 Å². The molecule has 1 aliphatic heterocycles. The van der Waals surface area contributed by atoms with Crippen molar-refractivity contribution in [3.05, 3.63) is 24.3 Å². The lowest BCUT2D eigenvalue weighted by Crippen LogP contribution is -2.28. The Morgan fingerprint density at radius 3 is 2.53 bits per heavy atom. The minimum Gasteiger partial charge on any atom is -0.485 e. The van der Waals surface area contributed by atoms with Crippen molar-refractivity contribution < 1.29 is 22.6 Å². The molecule has 1 aromatic rings. The van der Waals surface area contributed by atoms with Crippen LogP contribution in [0.15, 0.2) is 24.3 Å². The third-order valence-corrected chi connectivity index (χ3v) is 2.51. The maximum Gasteiger partial charge on any atom is 0.445 e. The van der Waals surface area contributed by atoms with Gasteiger partial charge >= 0.3 is 5.51 Å². The number of benzene rings is 1. The van der Waals surface area contributed by atoms with Crippen LogP contribution < -0.4 is 9.47 Å². The third kappa shape index (κ3) is 2.71. The number of ether oxygens (including phenoxy) is 2. The zero-order valence-corrected chi connectivity index (χ0v) is 8.27. The van der Waals surface area contributed by atoms with Gasteiger partial charge in [-0.1, -0.05) is 12.1 Å². The van der Waals surface area contributed by atoms with E-state index in [2.05, 4.69) is 0 Å². The highest BCUT2D eigenvalue weighted by Crippen LogP contribution is 2.39. The van der Waals surface area contributed by atoms with Gasteiger partial charge in [0.05, 0.1) is 0 Å². The van der Waals surface area contributed by atoms with E-state index in [4.69, 9.17) is 9.47 Å². The maximum atomic E-state index is 12.0. The second-order valence-electron chi connectivity index (χ2n) is 2.87. The fraction of sp³-hybridized carbons (Fsp3) is 0.333. The summed E-state index contributed by atoms with van der Waals surface area (Å²) in [6.07, 6.45) is 0. The molecular weight excluding hydrogens is 229 g/mol. The van der Waals surface area contributed by atoms with Gasteiger partial charge < -0.3 is 9.47 Å². The highest BCUT2D eigenvalue weighted by Gasteiger charge is 2.36. The summed E-state index contributed by atoms with van der Waals surface area (Å²) in [5, 5.41) is 0. The molecule has 15 heavy (non-hydrogen) atoms. The standard InChI is InChI=1S/C9H7F3O2S/c10-9(11,12)15-8-5-13-6-3-1-2-4-7(6)14-8/h1-4,8H,5H2/t8-/m0/s1. The minimum absolute atomic E-state index is 0.0960. The van der Waals surface area contributed by atoms with Crippen LogP contribution >= 0.6 is 11.8 Å². The Hall–Kier alpha value is -1.04. The summed E-state index contributed by atoms with van der Waals surface area (Å²) in [5.74, 6) is 0.835. The van der Waals surface area contributed by atoms with E-state index in [1.165, 1.54) is 0 Å². The van der Waals surface area contributed by atoms with Gasteiger partial charge in [0, 0.05) is 0 Å². The van der Waals surface area contributed by atoms with Crippen molar-refractivity contribution in [2.45, 2.75) is 10.9 Å². The number of hydrogen-bond donors (Lipinski definition) is 0. The van der Waals surface area contributed by atoms with Crippen molar-refractivity contribution in [1.29, 1.82) is 0 Å². The molecular formula is C9H7F3O2S. The van der Waals surface area contributed by atoms with E-state index in [1.807, 2.05) is 0 Å². The molecule has 0 fully saturated rings. The summed E-state index contributed by atoms with van der Waals surface area (Å²) in [6.45, 7) is -0.0960. The van der Waals surface area contributed by atoms with Crippen LogP contribution in [0.4, 0.5) is 13.2 Å². The van der Waals surface area contributed by atoms with E-state index in [0.29, 0.717) is 11.5 Å². The molecule has 0 amide bonds. The zero-order valence-electron chi connectivity index (χ0n) is 7.45.